The molecule has 0 atom stereocenters. The fourth-order valence-electron chi connectivity index (χ4n) is 2.82. The lowest BCUT2D eigenvalue weighted by Crippen LogP contribution is -2.48. The maximum atomic E-state index is 12.7. The van der Waals surface area contributed by atoms with Crippen molar-refractivity contribution in [3.8, 4) is 17.2 Å². The first-order valence-electron chi connectivity index (χ1n) is 10.0. The van der Waals surface area contributed by atoms with Gasteiger partial charge in [0.1, 0.15) is 30.5 Å². The first kappa shape index (κ1) is 23.6. The minimum absolute atomic E-state index is 0.0783. The van der Waals surface area contributed by atoms with Gasteiger partial charge in [0.05, 0.1) is 18.2 Å². The van der Waals surface area contributed by atoms with Crippen molar-refractivity contribution >= 4 is 29.1 Å². The normalized spacial score (nSPS) is 9.97. The van der Waals surface area contributed by atoms with E-state index < -0.39 is 11.8 Å². The summed E-state index contributed by atoms with van der Waals surface area (Å²) >= 11 is 5.11. The van der Waals surface area contributed by atoms with Crippen molar-refractivity contribution in [3.05, 3.63) is 90.0 Å². The monoisotopic (exact) mass is 465 g/mol. The molecular weight excluding hydrogens is 442 g/mol. The molecule has 3 N–H and O–H groups in total. The second kappa shape index (κ2) is 12.1. The third kappa shape index (κ3) is 6.94. The summed E-state index contributed by atoms with van der Waals surface area (Å²) in [7, 11) is 1.47. The van der Waals surface area contributed by atoms with Gasteiger partial charge in [0.2, 0.25) is 0 Å². The van der Waals surface area contributed by atoms with E-state index in [4.69, 9.17) is 26.4 Å². The Kier molecular flexibility index (Phi) is 8.61. The first-order chi connectivity index (χ1) is 16.1. The van der Waals surface area contributed by atoms with E-state index in [1.165, 1.54) is 7.11 Å². The van der Waals surface area contributed by atoms with Crippen molar-refractivity contribution in [3.63, 3.8) is 0 Å². The number of hydrogen-bond donors (Lipinski definition) is 3. The number of hydrogen-bond acceptors (Lipinski definition) is 6. The Hall–Kier alpha value is -4.11. The highest BCUT2D eigenvalue weighted by molar-refractivity contribution is 7.80. The zero-order valence-corrected chi connectivity index (χ0v) is 18.7. The molecule has 0 heterocycles. The van der Waals surface area contributed by atoms with Gasteiger partial charge in [0, 0.05) is 0 Å². The summed E-state index contributed by atoms with van der Waals surface area (Å²) in [6, 6.07) is 22.8. The van der Waals surface area contributed by atoms with Crippen molar-refractivity contribution in [1.29, 1.82) is 0 Å². The van der Waals surface area contributed by atoms with Gasteiger partial charge in [0.15, 0.2) is 5.11 Å². The van der Waals surface area contributed by atoms with Crippen LogP contribution in [0.4, 0.5) is 0 Å². The van der Waals surface area contributed by atoms with Crippen LogP contribution in [0.2, 0.25) is 0 Å². The Labute approximate surface area is 196 Å². The van der Waals surface area contributed by atoms with E-state index in [-0.39, 0.29) is 17.3 Å². The molecule has 9 heteroatoms. The van der Waals surface area contributed by atoms with Crippen LogP contribution in [0.1, 0.15) is 20.7 Å². The SMILES string of the molecule is COc1ccccc1C(=O)NNC(=S)NC(=O)c1ccccc1OCCOc1ccccc1. The second-order valence-corrected chi connectivity index (χ2v) is 6.98. The van der Waals surface area contributed by atoms with Gasteiger partial charge in [-0.1, -0.05) is 42.5 Å². The molecule has 0 fully saturated rings. The standard InChI is InChI=1S/C24H23N3O5S/c1-30-20-13-7-5-11-18(20)23(29)26-27-24(33)25-22(28)19-12-6-8-14-21(19)32-16-15-31-17-9-3-2-4-10-17/h2-14H,15-16H2,1H3,(H,26,29)(H2,25,27,28,33). The molecule has 8 nitrogen and oxygen atoms in total. The number of benzene rings is 3. The molecule has 2 amide bonds. The van der Waals surface area contributed by atoms with Crippen LogP contribution in [0.15, 0.2) is 78.9 Å². The van der Waals surface area contributed by atoms with Crippen molar-refractivity contribution < 1.29 is 23.8 Å². The van der Waals surface area contributed by atoms with E-state index in [2.05, 4.69) is 16.2 Å². The number of nitrogens with one attached hydrogen (secondary N) is 3. The van der Waals surface area contributed by atoms with E-state index in [0.29, 0.717) is 23.7 Å². The molecule has 3 aromatic rings. The Morgan fingerprint density at radius 1 is 0.727 bits per heavy atom. The lowest BCUT2D eigenvalue weighted by Gasteiger charge is -2.14. The number of thiocarbonyl (C=S) groups is 1. The molecule has 0 aliphatic heterocycles. The van der Waals surface area contributed by atoms with E-state index in [9.17, 15) is 9.59 Å². The quantitative estimate of drug-likeness (QED) is 0.267. The minimum Gasteiger partial charge on any atom is -0.496 e. The third-order valence-corrected chi connectivity index (χ3v) is 4.56. The van der Waals surface area contributed by atoms with Crippen LogP contribution in [0.25, 0.3) is 0 Å². The topological polar surface area (TPSA) is 97.9 Å². The van der Waals surface area contributed by atoms with Crippen LogP contribution >= 0.6 is 12.2 Å². The lowest BCUT2D eigenvalue weighted by atomic mass is 10.2. The van der Waals surface area contributed by atoms with Gasteiger partial charge in [-0.3, -0.25) is 25.8 Å². The number of methoxy groups -OCH3 is 1. The van der Waals surface area contributed by atoms with Crippen molar-refractivity contribution in [1.82, 2.24) is 16.2 Å². The molecule has 3 aromatic carbocycles. The molecular formula is C24H23N3O5S. The fourth-order valence-corrected chi connectivity index (χ4v) is 2.97. The van der Waals surface area contributed by atoms with Gasteiger partial charge >= 0.3 is 0 Å². The number of ether oxygens (including phenoxy) is 3. The lowest BCUT2D eigenvalue weighted by molar-refractivity contribution is 0.0931. The largest absolute Gasteiger partial charge is 0.496 e. The molecule has 0 aliphatic carbocycles. The van der Waals surface area contributed by atoms with Crippen LogP contribution < -0.4 is 30.4 Å². The molecule has 0 radical (unpaired) electrons. The van der Waals surface area contributed by atoms with E-state index >= 15 is 0 Å². The maximum Gasteiger partial charge on any atom is 0.273 e. The summed E-state index contributed by atoms with van der Waals surface area (Å²) in [4.78, 5) is 25.0. The number of amides is 2. The summed E-state index contributed by atoms with van der Waals surface area (Å²) in [5.41, 5.74) is 5.54. The molecule has 0 unspecified atom stereocenters. The Morgan fingerprint density at radius 3 is 2.00 bits per heavy atom. The highest BCUT2D eigenvalue weighted by Crippen LogP contribution is 2.18. The molecule has 0 spiro atoms. The van der Waals surface area contributed by atoms with Gasteiger partial charge in [-0.25, -0.2) is 0 Å². The molecule has 3 rings (SSSR count). The smallest absolute Gasteiger partial charge is 0.273 e. The molecule has 0 bridgehead atoms. The summed E-state index contributed by atoms with van der Waals surface area (Å²) < 4.78 is 16.5. The molecule has 0 saturated heterocycles. The molecule has 0 aromatic heterocycles. The van der Waals surface area contributed by atoms with E-state index in [1.54, 1.807) is 48.5 Å². The number of carbonyl (C=O) groups is 2. The summed E-state index contributed by atoms with van der Waals surface area (Å²) in [6.45, 7) is 0.561. The zero-order chi connectivity index (χ0) is 23.5. The van der Waals surface area contributed by atoms with Crippen LogP contribution in [-0.4, -0.2) is 37.3 Å². The third-order valence-electron chi connectivity index (χ3n) is 4.35. The highest BCUT2D eigenvalue weighted by Gasteiger charge is 2.15. The summed E-state index contributed by atoms with van der Waals surface area (Å²) in [5, 5.41) is 2.43. The molecule has 170 valence electrons. The van der Waals surface area contributed by atoms with E-state index in [1.807, 2.05) is 30.3 Å². The molecule has 0 saturated carbocycles. The average molecular weight is 466 g/mol. The highest BCUT2D eigenvalue weighted by atomic mass is 32.1. The Balaban J connectivity index is 1.50. The second-order valence-electron chi connectivity index (χ2n) is 6.57. The first-order valence-corrected chi connectivity index (χ1v) is 10.4. The maximum absolute atomic E-state index is 12.7. The van der Waals surface area contributed by atoms with Crippen LogP contribution in [-0.2, 0) is 0 Å². The Bertz CT molecular complexity index is 1110. The number of rotatable bonds is 8. The van der Waals surface area contributed by atoms with Gasteiger partial charge in [-0.15, -0.1) is 0 Å². The minimum atomic E-state index is -0.487. The van der Waals surface area contributed by atoms with Crippen LogP contribution in [0, 0.1) is 0 Å². The summed E-state index contributed by atoms with van der Waals surface area (Å²) in [6.07, 6.45) is 0. The van der Waals surface area contributed by atoms with Gasteiger partial charge in [-0.05, 0) is 48.6 Å². The predicted molar refractivity (Wildman–Crippen MR) is 128 cm³/mol. The number of hydrazine groups is 1. The van der Waals surface area contributed by atoms with Crippen LogP contribution in [0.3, 0.4) is 0 Å². The van der Waals surface area contributed by atoms with E-state index in [0.717, 1.165) is 5.75 Å². The number of para-hydroxylation sites is 3. The zero-order valence-electron chi connectivity index (χ0n) is 17.9. The van der Waals surface area contributed by atoms with Crippen molar-refractivity contribution in [2.24, 2.45) is 0 Å². The van der Waals surface area contributed by atoms with Crippen molar-refractivity contribution in [2.45, 2.75) is 0 Å². The van der Waals surface area contributed by atoms with Gasteiger partial charge in [0.25, 0.3) is 11.8 Å². The van der Waals surface area contributed by atoms with Crippen LogP contribution in [0.5, 0.6) is 17.2 Å². The number of carbonyl (C=O) groups excluding carboxylic acids is 2. The summed E-state index contributed by atoms with van der Waals surface area (Å²) in [5.74, 6) is 0.574. The molecule has 0 aliphatic rings. The predicted octanol–water partition coefficient (Wildman–Crippen LogP) is 3.10. The van der Waals surface area contributed by atoms with Crippen molar-refractivity contribution in [2.75, 3.05) is 20.3 Å². The van der Waals surface area contributed by atoms with Gasteiger partial charge < -0.3 is 14.2 Å². The van der Waals surface area contributed by atoms with Gasteiger partial charge in [-0.2, -0.15) is 0 Å². The Morgan fingerprint density at radius 2 is 1.30 bits per heavy atom. The average Bonchev–Trinajstić information content (AvgIpc) is 2.86. The fraction of sp³-hybridized carbons (Fsp3) is 0.125. The molecule has 33 heavy (non-hydrogen) atoms.